The lowest BCUT2D eigenvalue weighted by Gasteiger charge is -2.25. The Morgan fingerprint density at radius 1 is 1.58 bits per heavy atom. The predicted molar refractivity (Wildman–Crippen MR) is 49.7 cm³/mol. The van der Waals surface area contributed by atoms with Gasteiger partial charge in [0.25, 0.3) is 0 Å². The lowest BCUT2D eigenvalue weighted by molar-refractivity contribution is 0.535. The molecule has 68 valence electrons. The molecular formula is C7H7Cl2O2S-. The minimum atomic E-state index is -2.19. The normalized spacial score (nSPS) is 32.3. The Labute approximate surface area is 83.5 Å². The summed E-state index contributed by atoms with van der Waals surface area (Å²) in [5.74, 6) is -0.248. The van der Waals surface area contributed by atoms with Crippen molar-refractivity contribution in [3.05, 3.63) is 22.1 Å². The van der Waals surface area contributed by atoms with E-state index in [4.69, 9.17) is 23.2 Å². The molecule has 5 heteroatoms. The number of rotatable bonds is 1. The van der Waals surface area contributed by atoms with Gasteiger partial charge in [0.1, 0.15) is 0 Å². The van der Waals surface area contributed by atoms with Crippen LogP contribution in [0.1, 0.15) is 6.92 Å². The molecule has 0 heterocycles. The predicted octanol–water partition coefficient (Wildman–Crippen LogP) is 2.13. The Morgan fingerprint density at radius 2 is 2.17 bits per heavy atom. The van der Waals surface area contributed by atoms with Crippen molar-refractivity contribution in [2.24, 2.45) is 5.92 Å². The molecule has 0 radical (unpaired) electrons. The van der Waals surface area contributed by atoms with Crippen LogP contribution >= 0.6 is 23.2 Å². The first-order chi connectivity index (χ1) is 5.54. The maximum atomic E-state index is 10.6. The SMILES string of the molecule is CC1C(S(=O)[O-])=CC=C(Cl)[C@@H]1Cl. The molecule has 0 N–H and O–H groups in total. The summed E-state index contributed by atoms with van der Waals surface area (Å²) in [4.78, 5) is 0.305. The van der Waals surface area contributed by atoms with Crippen molar-refractivity contribution < 1.29 is 8.76 Å². The summed E-state index contributed by atoms with van der Waals surface area (Å²) in [5.41, 5.74) is 0. The van der Waals surface area contributed by atoms with Crippen molar-refractivity contribution in [2.45, 2.75) is 12.3 Å². The van der Waals surface area contributed by atoms with Gasteiger partial charge < -0.3 is 4.55 Å². The molecule has 0 spiro atoms. The Bertz CT molecular complexity index is 273. The van der Waals surface area contributed by atoms with E-state index in [1.54, 1.807) is 6.92 Å². The number of hydrogen-bond acceptors (Lipinski definition) is 2. The average Bonchev–Trinajstić information content (AvgIpc) is 2.00. The summed E-state index contributed by atoms with van der Waals surface area (Å²) in [6.45, 7) is 1.73. The Hall–Kier alpha value is 0.170. The molecule has 1 aliphatic rings. The van der Waals surface area contributed by atoms with Gasteiger partial charge in [0.2, 0.25) is 0 Å². The van der Waals surface area contributed by atoms with Crippen LogP contribution in [-0.4, -0.2) is 14.1 Å². The molecule has 2 nitrogen and oxygen atoms in total. The molecule has 0 bridgehead atoms. The van der Waals surface area contributed by atoms with Gasteiger partial charge in [-0.25, -0.2) is 0 Å². The van der Waals surface area contributed by atoms with Gasteiger partial charge in [0, 0.05) is 15.9 Å². The fourth-order valence-corrected chi connectivity index (χ4v) is 2.15. The second-order valence-corrected chi connectivity index (χ2v) is 4.39. The standard InChI is InChI=1S/C7H8Cl2O2S/c1-4-6(12(10)11)3-2-5(8)7(4)9/h2-4,7H,1H3,(H,10,11)/p-1/t4?,7-/m1/s1. The zero-order valence-corrected chi connectivity index (χ0v) is 8.62. The van der Waals surface area contributed by atoms with E-state index < -0.39 is 16.5 Å². The van der Waals surface area contributed by atoms with E-state index in [0.717, 1.165) is 0 Å². The fourth-order valence-electron chi connectivity index (χ4n) is 0.996. The van der Waals surface area contributed by atoms with Gasteiger partial charge in [0.15, 0.2) is 0 Å². The van der Waals surface area contributed by atoms with Gasteiger partial charge in [-0.15, -0.1) is 11.6 Å². The highest BCUT2D eigenvalue weighted by Gasteiger charge is 2.24. The van der Waals surface area contributed by atoms with E-state index in [9.17, 15) is 8.76 Å². The van der Waals surface area contributed by atoms with Crippen molar-refractivity contribution in [1.82, 2.24) is 0 Å². The first-order valence-electron chi connectivity index (χ1n) is 3.34. The highest BCUT2D eigenvalue weighted by molar-refractivity contribution is 7.83. The van der Waals surface area contributed by atoms with Crippen LogP contribution in [0.25, 0.3) is 0 Å². The van der Waals surface area contributed by atoms with Crippen LogP contribution in [0.2, 0.25) is 0 Å². The summed E-state index contributed by atoms with van der Waals surface area (Å²) in [5, 5.41) is 0.0583. The molecule has 0 saturated heterocycles. The largest absolute Gasteiger partial charge is 0.769 e. The lowest BCUT2D eigenvalue weighted by Crippen LogP contribution is -2.19. The van der Waals surface area contributed by atoms with Crippen molar-refractivity contribution in [3.63, 3.8) is 0 Å². The molecule has 0 aromatic rings. The quantitative estimate of drug-likeness (QED) is 0.507. The van der Waals surface area contributed by atoms with Gasteiger partial charge in [-0.1, -0.05) is 18.5 Å². The van der Waals surface area contributed by atoms with E-state index >= 15 is 0 Å². The summed E-state index contributed by atoms with van der Waals surface area (Å²) < 4.78 is 21.2. The Kier molecular flexibility index (Phi) is 3.35. The molecule has 3 atom stereocenters. The summed E-state index contributed by atoms with van der Waals surface area (Å²) in [7, 11) is 0. The summed E-state index contributed by atoms with van der Waals surface area (Å²) in [6.07, 6.45) is 3.00. The Morgan fingerprint density at radius 3 is 2.67 bits per heavy atom. The first-order valence-corrected chi connectivity index (χ1v) is 5.23. The van der Waals surface area contributed by atoms with Crippen LogP contribution in [0, 0.1) is 5.92 Å². The monoisotopic (exact) mass is 225 g/mol. The van der Waals surface area contributed by atoms with Gasteiger partial charge in [0.05, 0.1) is 5.38 Å². The highest BCUT2D eigenvalue weighted by atomic mass is 35.5. The third-order valence-corrected chi connectivity index (χ3v) is 3.73. The van der Waals surface area contributed by atoms with E-state index in [-0.39, 0.29) is 5.92 Å². The topological polar surface area (TPSA) is 40.1 Å². The molecular weight excluding hydrogens is 219 g/mol. The lowest BCUT2D eigenvalue weighted by atomic mass is 10.0. The zero-order valence-electron chi connectivity index (χ0n) is 6.29. The average molecular weight is 226 g/mol. The molecule has 0 saturated carbocycles. The zero-order chi connectivity index (χ0) is 9.30. The van der Waals surface area contributed by atoms with Crippen molar-refractivity contribution >= 4 is 34.3 Å². The third-order valence-electron chi connectivity index (χ3n) is 1.75. The van der Waals surface area contributed by atoms with Crippen LogP contribution in [0.5, 0.6) is 0 Å². The van der Waals surface area contributed by atoms with E-state index in [1.807, 2.05) is 0 Å². The maximum absolute atomic E-state index is 10.6. The minimum absolute atomic E-state index is 0.248. The second-order valence-electron chi connectivity index (χ2n) is 2.55. The van der Waals surface area contributed by atoms with Crippen LogP contribution in [-0.2, 0) is 11.1 Å². The Balaban J connectivity index is 2.97. The molecule has 0 aromatic heterocycles. The van der Waals surface area contributed by atoms with Crippen LogP contribution in [0.15, 0.2) is 22.1 Å². The molecule has 0 aliphatic heterocycles. The van der Waals surface area contributed by atoms with Crippen molar-refractivity contribution in [2.75, 3.05) is 0 Å². The third kappa shape index (κ3) is 1.91. The van der Waals surface area contributed by atoms with Crippen LogP contribution < -0.4 is 0 Å². The number of alkyl halides is 1. The highest BCUT2D eigenvalue weighted by Crippen LogP contribution is 2.32. The van der Waals surface area contributed by atoms with Crippen LogP contribution in [0.3, 0.4) is 0 Å². The molecule has 0 fully saturated rings. The maximum Gasteiger partial charge on any atom is 0.0763 e. The number of hydrogen-bond donors (Lipinski definition) is 0. The minimum Gasteiger partial charge on any atom is -0.769 e. The van der Waals surface area contributed by atoms with Crippen LogP contribution in [0.4, 0.5) is 0 Å². The van der Waals surface area contributed by atoms with Gasteiger partial charge >= 0.3 is 0 Å². The molecule has 1 rings (SSSR count). The number of allylic oxidation sites excluding steroid dienone is 4. The number of halogens is 2. The summed E-state index contributed by atoms with van der Waals surface area (Å²) in [6, 6.07) is 0. The first kappa shape index (κ1) is 10.3. The van der Waals surface area contributed by atoms with Crippen molar-refractivity contribution in [3.8, 4) is 0 Å². The summed E-state index contributed by atoms with van der Waals surface area (Å²) >= 11 is 9.36. The fraction of sp³-hybridized carbons (Fsp3) is 0.429. The molecule has 12 heavy (non-hydrogen) atoms. The van der Waals surface area contributed by atoms with Crippen molar-refractivity contribution in [1.29, 1.82) is 0 Å². The molecule has 2 unspecified atom stereocenters. The smallest absolute Gasteiger partial charge is 0.0763 e. The molecule has 0 amide bonds. The van der Waals surface area contributed by atoms with Gasteiger partial charge in [-0.3, -0.25) is 4.21 Å². The van der Waals surface area contributed by atoms with Gasteiger partial charge in [-0.05, 0) is 23.2 Å². The van der Waals surface area contributed by atoms with E-state index in [1.165, 1.54) is 12.2 Å². The molecule has 0 aromatic carbocycles. The van der Waals surface area contributed by atoms with E-state index in [0.29, 0.717) is 9.94 Å². The molecule has 1 aliphatic carbocycles. The van der Waals surface area contributed by atoms with Gasteiger partial charge in [-0.2, -0.15) is 0 Å². The van der Waals surface area contributed by atoms with E-state index in [2.05, 4.69) is 0 Å². The second kappa shape index (κ2) is 3.92.